The number of hydrogen-bond donors (Lipinski definition) is 2. The fourth-order valence-electron chi connectivity index (χ4n) is 3.14. The molecule has 5 nitrogen and oxygen atoms in total. The molecule has 1 heterocycles. The Morgan fingerprint density at radius 1 is 1.15 bits per heavy atom. The molecule has 2 N–H and O–H groups in total. The molecule has 0 atom stereocenters. The number of halogens is 1. The highest BCUT2D eigenvalue weighted by molar-refractivity contribution is 6.36. The largest absolute Gasteiger partial charge is 0.354 e. The number of aromatic nitrogens is 1. The molecule has 3 aromatic rings. The van der Waals surface area contributed by atoms with E-state index in [4.69, 9.17) is 11.6 Å². The average Bonchev–Trinajstić information content (AvgIpc) is 2.65. The molecule has 0 saturated carbocycles. The van der Waals surface area contributed by atoms with Crippen LogP contribution in [0.5, 0.6) is 0 Å². The van der Waals surface area contributed by atoms with Gasteiger partial charge in [-0.1, -0.05) is 37.6 Å². The molecule has 2 aromatic carbocycles. The highest BCUT2D eigenvalue weighted by atomic mass is 35.5. The lowest BCUT2D eigenvalue weighted by Crippen LogP contribution is -2.35. The molecule has 3 rings (SSSR count). The molecular formula is C20H22ClN3O2. The lowest BCUT2D eigenvalue weighted by molar-refractivity contribution is 0.0950. The number of hydrogen-bond acceptors (Lipinski definition) is 3. The Balaban J connectivity index is 2.00. The summed E-state index contributed by atoms with van der Waals surface area (Å²) in [5.74, 6) is -0.218. The molecule has 0 aliphatic carbocycles. The van der Waals surface area contributed by atoms with Crippen molar-refractivity contribution in [2.75, 3.05) is 26.2 Å². The van der Waals surface area contributed by atoms with Crippen LogP contribution in [0.25, 0.3) is 21.8 Å². The van der Waals surface area contributed by atoms with Gasteiger partial charge in [0.05, 0.1) is 21.5 Å². The predicted octanol–water partition coefficient (Wildman–Crippen LogP) is 3.41. The Kier molecular flexibility index (Phi) is 5.59. The van der Waals surface area contributed by atoms with E-state index < -0.39 is 0 Å². The molecule has 0 radical (unpaired) electrons. The fourth-order valence-corrected chi connectivity index (χ4v) is 3.38. The van der Waals surface area contributed by atoms with Gasteiger partial charge in [-0.05, 0) is 37.4 Å². The summed E-state index contributed by atoms with van der Waals surface area (Å²) in [6.45, 7) is 7.39. The maximum absolute atomic E-state index is 12.8. The van der Waals surface area contributed by atoms with E-state index in [-0.39, 0.29) is 11.3 Å². The first-order chi connectivity index (χ1) is 12.6. The van der Waals surface area contributed by atoms with Crippen LogP contribution in [0.2, 0.25) is 5.02 Å². The van der Waals surface area contributed by atoms with Crippen LogP contribution in [0.15, 0.2) is 41.2 Å². The van der Waals surface area contributed by atoms with Gasteiger partial charge in [0.15, 0.2) is 5.43 Å². The molecule has 0 spiro atoms. The van der Waals surface area contributed by atoms with Gasteiger partial charge in [-0.15, -0.1) is 0 Å². The minimum atomic E-state index is -0.218. The van der Waals surface area contributed by atoms with Gasteiger partial charge in [0.25, 0.3) is 5.91 Å². The van der Waals surface area contributed by atoms with Crippen molar-refractivity contribution in [2.24, 2.45) is 0 Å². The van der Waals surface area contributed by atoms with Gasteiger partial charge in [-0.2, -0.15) is 0 Å². The number of carbonyl (C=O) groups is 1. The molecule has 6 heteroatoms. The topological polar surface area (TPSA) is 65.2 Å². The van der Waals surface area contributed by atoms with E-state index in [0.29, 0.717) is 38.9 Å². The third kappa shape index (κ3) is 3.45. The van der Waals surface area contributed by atoms with Gasteiger partial charge in [0.1, 0.15) is 0 Å². The molecule has 0 unspecified atom stereocenters. The highest BCUT2D eigenvalue weighted by Crippen LogP contribution is 2.25. The first-order valence-electron chi connectivity index (χ1n) is 8.80. The second-order valence-corrected chi connectivity index (χ2v) is 6.53. The predicted molar refractivity (Wildman–Crippen MR) is 107 cm³/mol. The van der Waals surface area contributed by atoms with Crippen molar-refractivity contribution in [1.82, 2.24) is 15.2 Å². The number of likely N-dealkylation sites (N-methyl/N-ethyl adjacent to an activating group) is 1. The maximum Gasteiger partial charge on any atom is 0.253 e. The number of carbonyl (C=O) groups excluding carboxylic acids is 1. The zero-order valence-electron chi connectivity index (χ0n) is 14.9. The van der Waals surface area contributed by atoms with Crippen LogP contribution in [0.4, 0.5) is 0 Å². The first kappa shape index (κ1) is 18.4. The summed E-state index contributed by atoms with van der Waals surface area (Å²) in [4.78, 5) is 30.9. The Bertz CT molecular complexity index is 1010. The number of benzene rings is 2. The van der Waals surface area contributed by atoms with E-state index in [2.05, 4.69) is 29.0 Å². The summed E-state index contributed by atoms with van der Waals surface area (Å²) in [6.07, 6.45) is 0. The van der Waals surface area contributed by atoms with E-state index in [1.165, 1.54) is 0 Å². The number of rotatable bonds is 6. The lowest BCUT2D eigenvalue weighted by atomic mass is 10.1. The van der Waals surface area contributed by atoms with Crippen molar-refractivity contribution in [1.29, 1.82) is 0 Å². The highest BCUT2D eigenvalue weighted by Gasteiger charge is 2.16. The van der Waals surface area contributed by atoms with E-state index in [1.807, 2.05) is 12.1 Å². The second kappa shape index (κ2) is 7.89. The third-order valence-electron chi connectivity index (χ3n) is 4.67. The van der Waals surface area contributed by atoms with E-state index in [1.54, 1.807) is 24.3 Å². The van der Waals surface area contributed by atoms with Gasteiger partial charge in [-0.3, -0.25) is 9.59 Å². The Hall–Kier alpha value is -2.37. The number of amides is 1. The van der Waals surface area contributed by atoms with Crippen LogP contribution in [0, 0.1) is 0 Å². The zero-order chi connectivity index (χ0) is 18.7. The van der Waals surface area contributed by atoms with E-state index in [9.17, 15) is 9.59 Å². The first-order valence-corrected chi connectivity index (χ1v) is 9.18. The second-order valence-electron chi connectivity index (χ2n) is 6.13. The average molecular weight is 372 g/mol. The molecule has 0 fully saturated rings. The van der Waals surface area contributed by atoms with Crippen LogP contribution in [-0.4, -0.2) is 42.0 Å². The number of nitrogens with one attached hydrogen (secondary N) is 2. The van der Waals surface area contributed by atoms with Gasteiger partial charge in [0, 0.05) is 24.0 Å². The number of nitrogens with zero attached hydrogens (tertiary/aromatic N) is 1. The normalized spacial score (nSPS) is 11.4. The quantitative estimate of drug-likeness (QED) is 0.652. The Labute approximate surface area is 157 Å². The van der Waals surface area contributed by atoms with Crippen molar-refractivity contribution in [3.63, 3.8) is 0 Å². The van der Waals surface area contributed by atoms with E-state index >= 15 is 0 Å². The van der Waals surface area contributed by atoms with Crippen LogP contribution in [0.1, 0.15) is 24.2 Å². The number of aromatic amines is 1. The molecule has 26 heavy (non-hydrogen) atoms. The third-order valence-corrected chi connectivity index (χ3v) is 4.98. The smallest absolute Gasteiger partial charge is 0.253 e. The minimum absolute atomic E-state index is 0.169. The summed E-state index contributed by atoms with van der Waals surface area (Å²) >= 11 is 6.26. The number of para-hydroxylation sites is 1. The standard InChI is InChI=1S/C20H22ClN3O2/c1-3-24(4-2)12-11-22-20(26)14-9-10-15(21)17-18(14)23-16-8-6-5-7-13(16)19(17)25/h5-10H,3-4,11-12H2,1-2H3,(H,22,26)(H,23,25). The molecule has 0 bridgehead atoms. The Morgan fingerprint density at radius 2 is 1.88 bits per heavy atom. The van der Waals surface area contributed by atoms with Crippen molar-refractivity contribution in [3.8, 4) is 0 Å². The summed E-state index contributed by atoms with van der Waals surface area (Å²) in [5.41, 5.74) is 1.41. The van der Waals surface area contributed by atoms with Crippen LogP contribution >= 0.6 is 11.6 Å². The molecule has 0 aliphatic heterocycles. The summed E-state index contributed by atoms with van der Waals surface area (Å²) in [7, 11) is 0. The summed E-state index contributed by atoms with van der Waals surface area (Å²) in [5, 5.41) is 4.18. The van der Waals surface area contributed by atoms with Crippen LogP contribution in [0.3, 0.4) is 0 Å². The molecule has 1 aromatic heterocycles. The van der Waals surface area contributed by atoms with Crippen LogP contribution < -0.4 is 10.7 Å². The van der Waals surface area contributed by atoms with Gasteiger partial charge in [0.2, 0.25) is 0 Å². The van der Waals surface area contributed by atoms with Crippen molar-refractivity contribution < 1.29 is 4.79 Å². The van der Waals surface area contributed by atoms with Gasteiger partial charge < -0.3 is 15.2 Å². The Morgan fingerprint density at radius 3 is 2.62 bits per heavy atom. The summed E-state index contributed by atoms with van der Waals surface area (Å²) in [6, 6.07) is 10.5. The van der Waals surface area contributed by atoms with E-state index in [0.717, 1.165) is 19.6 Å². The molecular weight excluding hydrogens is 350 g/mol. The number of fused-ring (bicyclic) bond motifs is 2. The van der Waals surface area contributed by atoms with Crippen molar-refractivity contribution in [3.05, 3.63) is 57.2 Å². The maximum atomic E-state index is 12.8. The lowest BCUT2D eigenvalue weighted by Gasteiger charge is -2.18. The van der Waals surface area contributed by atoms with Crippen LogP contribution in [-0.2, 0) is 0 Å². The molecule has 136 valence electrons. The summed E-state index contributed by atoms with van der Waals surface area (Å²) < 4.78 is 0. The fraction of sp³-hybridized carbons (Fsp3) is 0.300. The van der Waals surface area contributed by atoms with Gasteiger partial charge in [-0.25, -0.2) is 0 Å². The zero-order valence-corrected chi connectivity index (χ0v) is 15.7. The number of H-pyrrole nitrogens is 1. The van der Waals surface area contributed by atoms with Gasteiger partial charge >= 0.3 is 0 Å². The monoisotopic (exact) mass is 371 g/mol. The van der Waals surface area contributed by atoms with Crippen molar-refractivity contribution in [2.45, 2.75) is 13.8 Å². The molecule has 1 amide bonds. The minimum Gasteiger partial charge on any atom is -0.354 e. The number of pyridine rings is 1. The van der Waals surface area contributed by atoms with Crippen molar-refractivity contribution >= 4 is 39.3 Å². The SMILES string of the molecule is CCN(CC)CCNC(=O)c1ccc(Cl)c2c(=O)c3ccccc3[nH]c12. The molecule has 0 saturated heterocycles. The molecule has 0 aliphatic rings.